The Morgan fingerprint density at radius 3 is 2.05 bits per heavy atom. The number of rotatable bonds is 14. The summed E-state index contributed by atoms with van der Waals surface area (Å²) in [5.74, 6) is 1.22. The van der Waals surface area contributed by atoms with Gasteiger partial charge in [0.15, 0.2) is 8.29 Å². The molecular formula is C15H28N2S4. The van der Waals surface area contributed by atoms with Crippen molar-refractivity contribution in [2.75, 3.05) is 5.75 Å². The highest BCUT2D eigenvalue weighted by molar-refractivity contribution is 8.77. The van der Waals surface area contributed by atoms with E-state index in [1.54, 1.807) is 22.1 Å². The van der Waals surface area contributed by atoms with Gasteiger partial charge >= 0.3 is 0 Å². The molecule has 0 saturated carbocycles. The molecule has 0 aliphatic heterocycles. The first-order valence-electron chi connectivity index (χ1n) is 8.18. The van der Waals surface area contributed by atoms with Crippen LogP contribution >= 0.6 is 45.1 Å². The maximum Gasteiger partial charge on any atom is 0.183 e. The Morgan fingerprint density at radius 2 is 1.52 bits per heavy atom. The fourth-order valence-corrected chi connectivity index (χ4v) is 5.68. The Morgan fingerprint density at radius 1 is 0.952 bits per heavy atom. The molecule has 1 rings (SSSR count). The molecule has 0 aliphatic rings. The van der Waals surface area contributed by atoms with Gasteiger partial charge in [0.25, 0.3) is 0 Å². The van der Waals surface area contributed by atoms with Crippen LogP contribution in [0.5, 0.6) is 0 Å². The van der Waals surface area contributed by atoms with E-state index in [2.05, 4.69) is 17.1 Å². The summed E-state index contributed by atoms with van der Waals surface area (Å²) in [5, 5.41) is 6.96. The highest BCUT2D eigenvalue weighted by Crippen LogP contribution is 2.32. The monoisotopic (exact) mass is 364 g/mol. The minimum Gasteiger partial charge on any atom is -0.257 e. The van der Waals surface area contributed by atoms with Gasteiger partial charge in [-0.1, -0.05) is 93.3 Å². The summed E-state index contributed by atoms with van der Waals surface area (Å²) in [7, 11) is 3.65. The molecule has 0 aliphatic carbocycles. The first kappa shape index (κ1) is 19.5. The van der Waals surface area contributed by atoms with Gasteiger partial charge in [-0.25, -0.2) is 0 Å². The van der Waals surface area contributed by atoms with Gasteiger partial charge in [-0.3, -0.25) is 5.10 Å². The van der Waals surface area contributed by atoms with Crippen LogP contribution in [0, 0.1) is 3.95 Å². The molecule has 1 aromatic rings. The minimum absolute atomic E-state index is 0.771. The van der Waals surface area contributed by atoms with Crippen molar-refractivity contribution >= 4 is 45.1 Å². The Kier molecular flexibility index (Phi) is 13.1. The zero-order valence-electron chi connectivity index (χ0n) is 13.1. The number of aromatic amines is 1. The fourth-order valence-electron chi connectivity index (χ4n) is 2.17. The molecule has 1 N–H and O–H groups in total. The predicted molar refractivity (Wildman–Crippen MR) is 102 cm³/mol. The van der Waals surface area contributed by atoms with Crippen molar-refractivity contribution in [3.63, 3.8) is 0 Å². The number of hydrogen-bond donors (Lipinski definition) is 1. The average Bonchev–Trinajstić information content (AvgIpc) is 2.89. The number of nitrogens with zero attached hydrogens (tertiary/aromatic N) is 1. The Balaban J connectivity index is 1.75. The summed E-state index contributed by atoms with van der Waals surface area (Å²) in [6, 6.07) is 0. The summed E-state index contributed by atoms with van der Waals surface area (Å²) in [6.45, 7) is 2.28. The number of unbranched alkanes of at least 4 members (excludes halogenated alkanes) is 10. The molecule has 6 heteroatoms. The van der Waals surface area contributed by atoms with Crippen LogP contribution in [0.25, 0.3) is 0 Å². The van der Waals surface area contributed by atoms with E-state index in [-0.39, 0.29) is 0 Å². The van der Waals surface area contributed by atoms with E-state index >= 15 is 0 Å². The SMILES string of the molecule is CCCCCCCCCCCCCSSc1n[nH]c(=S)s1. The third kappa shape index (κ3) is 11.7. The van der Waals surface area contributed by atoms with Gasteiger partial charge in [0.1, 0.15) is 0 Å². The second-order valence-electron chi connectivity index (χ2n) is 5.32. The second kappa shape index (κ2) is 14.1. The lowest BCUT2D eigenvalue weighted by atomic mass is 10.1. The number of aromatic nitrogens is 2. The lowest BCUT2D eigenvalue weighted by molar-refractivity contribution is 0.555. The molecule has 0 atom stereocenters. The molecular weight excluding hydrogens is 336 g/mol. The van der Waals surface area contributed by atoms with Crippen molar-refractivity contribution in [2.24, 2.45) is 0 Å². The van der Waals surface area contributed by atoms with Crippen molar-refractivity contribution in [1.29, 1.82) is 0 Å². The molecule has 0 aromatic carbocycles. The first-order valence-corrected chi connectivity index (χ1v) is 11.7. The van der Waals surface area contributed by atoms with E-state index in [0.29, 0.717) is 0 Å². The Labute approximate surface area is 146 Å². The molecule has 1 heterocycles. The molecule has 0 unspecified atom stereocenters. The first-order chi connectivity index (χ1) is 10.3. The molecule has 0 saturated heterocycles. The van der Waals surface area contributed by atoms with Gasteiger partial charge in [-0.2, -0.15) is 5.10 Å². The lowest BCUT2D eigenvalue weighted by Crippen LogP contribution is -1.83. The van der Waals surface area contributed by atoms with Crippen molar-refractivity contribution in [3.8, 4) is 0 Å². The van der Waals surface area contributed by atoms with E-state index in [4.69, 9.17) is 12.2 Å². The van der Waals surface area contributed by atoms with Crippen LogP contribution < -0.4 is 0 Å². The van der Waals surface area contributed by atoms with Crippen LogP contribution in [0.3, 0.4) is 0 Å². The fraction of sp³-hybridized carbons (Fsp3) is 0.867. The van der Waals surface area contributed by atoms with E-state index in [9.17, 15) is 0 Å². The summed E-state index contributed by atoms with van der Waals surface area (Å²) in [6.07, 6.45) is 15.5. The third-order valence-corrected chi connectivity index (χ3v) is 7.21. The number of nitrogens with one attached hydrogen (secondary N) is 1. The van der Waals surface area contributed by atoms with E-state index in [1.165, 1.54) is 76.4 Å². The van der Waals surface area contributed by atoms with Crippen LogP contribution in [0.4, 0.5) is 0 Å². The zero-order valence-corrected chi connectivity index (χ0v) is 16.3. The van der Waals surface area contributed by atoms with Gasteiger partial charge < -0.3 is 0 Å². The van der Waals surface area contributed by atoms with E-state index in [0.717, 1.165) is 8.29 Å². The summed E-state index contributed by atoms with van der Waals surface area (Å²) < 4.78 is 1.82. The second-order valence-corrected chi connectivity index (χ2v) is 9.65. The predicted octanol–water partition coefficient (Wildman–Crippen LogP) is 7.25. The summed E-state index contributed by atoms with van der Waals surface area (Å²) in [5.41, 5.74) is 0. The van der Waals surface area contributed by atoms with Crippen LogP contribution in [-0.2, 0) is 0 Å². The van der Waals surface area contributed by atoms with Crippen molar-refractivity contribution < 1.29 is 0 Å². The van der Waals surface area contributed by atoms with Gasteiger partial charge in [-0.05, 0) is 29.4 Å². The van der Waals surface area contributed by atoms with Gasteiger partial charge in [0.2, 0.25) is 0 Å². The maximum atomic E-state index is 5.01. The summed E-state index contributed by atoms with van der Waals surface area (Å²) in [4.78, 5) is 0. The normalized spacial score (nSPS) is 11.1. The maximum absolute atomic E-state index is 5.01. The molecule has 2 nitrogen and oxygen atoms in total. The van der Waals surface area contributed by atoms with Crippen molar-refractivity contribution in [3.05, 3.63) is 3.95 Å². The lowest BCUT2D eigenvalue weighted by Gasteiger charge is -2.02. The quantitative estimate of drug-likeness (QED) is 0.214. The van der Waals surface area contributed by atoms with Crippen LogP contribution in [0.1, 0.15) is 77.6 Å². The summed E-state index contributed by atoms with van der Waals surface area (Å²) >= 11 is 6.57. The largest absolute Gasteiger partial charge is 0.257 e. The highest BCUT2D eigenvalue weighted by Gasteiger charge is 1.99. The number of hydrogen-bond acceptors (Lipinski definition) is 5. The van der Waals surface area contributed by atoms with Crippen LogP contribution in [0.2, 0.25) is 0 Å². The van der Waals surface area contributed by atoms with Crippen molar-refractivity contribution in [2.45, 2.75) is 81.9 Å². The Bertz CT molecular complexity index is 389. The smallest absolute Gasteiger partial charge is 0.183 e. The van der Waals surface area contributed by atoms with Crippen LogP contribution in [0.15, 0.2) is 4.34 Å². The van der Waals surface area contributed by atoms with E-state index < -0.39 is 0 Å². The molecule has 122 valence electrons. The zero-order chi connectivity index (χ0) is 15.2. The number of H-pyrrole nitrogens is 1. The standard InChI is InChI=1S/C15H28N2S4/c1-2-3-4-5-6-7-8-9-10-11-12-13-19-21-15-17-16-14(18)20-15/h2-13H2,1H3,(H,16,18). The third-order valence-electron chi connectivity index (χ3n) is 3.38. The van der Waals surface area contributed by atoms with Crippen LogP contribution in [-0.4, -0.2) is 16.0 Å². The molecule has 0 radical (unpaired) electrons. The molecule has 1 aromatic heterocycles. The molecule has 0 spiro atoms. The molecule has 0 fully saturated rings. The molecule has 21 heavy (non-hydrogen) atoms. The van der Waals surface area contributed by atoms with Crippen molar-refractivity contribution in [1.82, 2.24) is 10.2 Å². The topological polar surface area (TPSA) is 28.7 Å². The highest BCUT2D eigenvalue weighted by atomic mass is 33.1. The van der Waals surface area contributed by atoms with Gasteiger partial charge in [-0.15, -0.1) is 0 Å². The molecule has 0 amide bonds. The molecule has 0 bridgehead atoms. The van der Waals surface area contributed by atoms with E-state index in [1.807, 2.05) is 10.8 Å². The van der Waals surface area contributed by atoms with Gasteiger partial charge in [0, 0.05) is 5.75 Å². The minimum atomic E-state index is 0.771. The average molecular weight is 365 g/mol. The Hall–Kier alpha value is 0.480. The van der Waals surface area contributed by atoms with Gasteiger partial charge in [0.05, 0.1) is 0 Å².